The maximum atomic E-state index is 11.7. The topological polar surface area (TPSA) is 79.0 Å². The fraction of sp³-hybridized carbons (Fsp3) is 0.900. The SMILES string of the molecule is CN(C)S(=O)(=O)N(C)CC(=O)NC[C@H]1CCCO1. The van der Waals surface area contributed by atoms with E-state index in [0.717, 1.165) is 28.1 Å². The average molecular weight is 279 g/mol. The number of rotatable bonds is 6. The summed E-state index contributed by atoms with van der Waals surface area (Å²) in [5.41, 5.74) is 0. The molecule has 0 bridgehead atoms. The first kappa shape index (κ1) is 15.4. The van der Waals surface area contributed by atoms with Crippen LogP contribution in [0.1, 0.15) is 12.8 Å². The van der Waals surface area contributed by atoms with Crippen molar-refractivity contribution >= 4 is 16.1 Å². The number of carbonyl (C=O) groups excluding carboxylic acids is 1. The van der Waals surface area contributed by atoms with Crippen LogP contribution in [0.4, 0.5) is 0 Å². The Hall–Kier alpha value is -0.700. The summed E-state index contributed by atoms with van der Waals surface area (Å²) in [4.78, 5) is 11.6. The van der Waals surface area contributed by atoms with Crippen LogP contribution in [-0.4, -0.2) is 69.9 Å². The standard InChI is InChI=1S/C10H21N3O4S/c1-12(2)18(15,16)13(3)8-10(14)11-7-9-5-4-6-17-9/h9H,4-8H2,1-3H3,(H,11,14)/t9-/m1/s1. The molecule has 0 aromatic heterocycles. The normalized spacial score (nSPS) is 20.6. The molecule has 0 spiro atoms. The predicted molar refractivity (Wildman–Crippen MR) is 67.2 cm³/mol. The van der Waals surface area contributed by atoms with Gasteiger partial charge in [0.05, 0.1) is 12.6 Å². The minimum absolute atomic E-state index is 0.0599. The molecule has 106 valence electrons. The predicted octanol–water partition coefficient (Wildman–Crippen LogP) is -0.980. The molecule has 1 fully saturated rings. The Bertz CT molecular complexity index is 377. The molecule has 1 N–H and O–H groups in total. The Kier molecular flexibility index (Phi) is 5.51. The highest BCUT2D eigenvalue weighted by molar-refractivity contribution is 7.86. The second kappa shape index (κ2) is 6.46. The third kappa shape index (κ3) is 4.20. The van der Waals surface area contributed by atoms with E-state index < -0.39 is 10.2 Å². The molecule has 1 aliphatic heterocycles. The summed E-state index contributed by atoms with van der Waals surface area (Å²) in [7, 11) is 0.695. The van der Waals surface area contributed by atoms with E-state index in [-0.39, 0.29) is 18.6 Å². The highest BCUT2D eigenvalue weighted by atomic mass is 32.2. The number of amides is 1. The molecule has 0 radical (unpaired) electrons. The lowest BCUT2D eigenvalue weighted by Gasteiger charge is -2.21. The van der Waals surface area contributed by atoms with Gasteiger partial charge in [-0.25, -0.2) is 0 Å². The molecule has 0 aromatic rings. The molecule has 1 atom stereocenters. The lowest BCUT2D eigenvalue weighted by molar-refractivity contribution is -0.121. The third-order valence-corrected chi connectivity index (χ3v) is 4.61. The second-order valence-corrected chi connectivity index (χ2v) is 6.73. The van der Waals surface area contributed by atoms with Crippen molar-refractivity contribution < 1.29 is 17.9 Å². The summed E-state index contributed by atoms with van der Waals surface area (Å²) in [6, 6.07) is 0. The van der Waals surface area contributed by atoms with E-state index in [4.69, 9.17) is 4.74 Å². The van der Waals surface area contributed by atoms with Crippen LogP contribution >= 0.6 is 0 Å². The number of likely N-dealkylation sites (N-methyl/N-ethyl adjacent to an activating group) is 1. The van der Waals surface area contributed by atoms with Crippen molar-refractivity contribution in [3.63, 3.8) is 0 Å². The molecular formula is C10H21N3O4S. The first-order valence-corrected chi connectivity index (χ1v) is 7.26. The third-order valence-electron chi connectivity index (χ3n) is 2.77. The maximum Gasteiger partial charge on any atom is 0.281 e. The molecule has 0 saturated carbocycles. The van der Waals surface area contributed by atoms with E-state index >= 15 is 0 Å². The van der Waals surface area contributed by atoms with E-state index in [0.29, 0.717) is 6.54 Å². The van der Waals surface area contributed by atoms with Crippen LogP contribution in [0.3, 0.4) is 0 Å². The van der Waals surface area contributed by atoms with Crippen LogP contribution in [0.15, 0.2) is 0 Å². The molecule has 0 aromatic carbocycles. The van der Waals surface area contributed by atoms with Gasteiger partial charge in [-0.1, -0.05) is 0 Å². The molecule has 0 aliphatic carbocycles. The molecule has 1 amide bonds. The monoisotopic (exact) mass is 279 g/mol. The number of nitrogens with zero attached hydrogens (tertiary/aromatic N) is 2. The molecule has 0 unspecified atom stereocenters. The van der Waals surface area contributed by atoms with Gasteiger partial charge in [-0.15, -0.1) is 0 Å². The zero-order chi connectivity index (χ0) is 13.8. The largest absolute Gasteiger partial charge is 0.376 e. The van der Waals surface area contributed by atoms with Crippen LogP contribution in [0.2, 0.25) is 0 Å². The minimum atomic E-state index is -3.53. The van der Waals surface area contributed by atoms with Gasteiger partial charge in [0.1, 0.15) is 0 Å². The Labute approximate surface area is 108 Å². The molecule has 7 nitrogen and oxygen atoms in total. The van der Waals surface area contributed by atoms with Gasteiger partial charge in [0, 0.05) is 34.3 Å². The van der Waals surface area contributed by atoms with E-state index in [1.165, 1.54) is 21.1 Å². The summed E-state index contributed by atoms with van der Waals surface area (Å²) in [5, 5.41) is 2.68. The van der Waals surface area contributed by atoms with Crippen LogP contribution in [0, 0.1) is 0 Å². The minimum Gasteiger partial charge on any atom is -0.376 e. The van der Waals surface area contributed by atoms with Gasteiger partial charge in [0.15, 0.2) is 0 Å². The fourth-order valence-corrected chi connectivity index (χ4v) is 2.49. The zero-order valence-electron chi connectivity index (χ0n) is 11.0. The van der Waals surface area contributed by atoms with E-state index in [1.54, 1.807) is 0 Å². The summed E-state index contributed by atoms with van der Waals surface area (Å²) < 4.78 is 30.8. The van der Waals surface area contributed by atoms with Gasteiger partial charge in [-0.2, -0.15) is 17.0 Å². The number of hydrogen-bond donors (Lipinski definition) is 1. The van der Waals surface area contributed by atoms with Crippen molar-refractivity contribution in [1.29, 1.82) is 0 Å². The van der Waals surface area contributed by atoms with E-state index in [9.17, 15) is 13.2 Å². The van der Waals surface area contributed by atoms with Gasteiger partial charge >= 0.3 is 0 Å². The van der Waals surface area contributed by atoms with Crippen LogP contribution in [0.5, 0.6) is 0 Å². The van der Waals surface area contributed by atoms with Crippen molar-refractivity contribution in [2.45, 2.75) is 18.9 Å². The molecular weight excluding hydrogens is 258 g/mol. The van der Waals surface area contributed by atoms with Crippen molar-refractivity contribution in [3.8, 4) is 0 Å². The molecule has 1 saturated heterocycles. The number of carbonyl (C=O) groups is 1. The molecule has 18 heavy (non-hydrogen) atoms. The Morgan fingerprint density at radius 1 is 1.39 bits per heavy atom. The molecule has 1 aliphatic rings. The molecule has 1 rings (SSSR count). The Balaban J connectivity index is 2.35. The van der Waals surface area contributed by atoms with Crippen molar-refractivity contribution in [3.05, 3.63) is 0 Å². The Morgan fingerprint density at radius 3 is 2.56 bits per heavy atom. The summed E-state index contributed by atoms with van der Waals surface area (Å²) in [5.74, 6) is -0.321. The van der Waals surface area contributed by atoms with Crippen LogP contribution < -0.4 is 5.32 Å². The number of hydrogen-bond acceptors (Lipinski definition) is 4. The lowest BCUT2D eigenvalue weighted by Crippen LogP contribution is -2.44. The van der Waals surface area contributed by atoms with Gasteiger partial charge in [0.2, 0.25) is 5.91 Å². The van der Waals surface area contributed by atoms with Crippen molar-refractivity contribution in [2.75, 3.05) is 40.8 Å². The molecule has 8 heteroatoms. The highest BCUT2D eigenvalue weighted by Crippen LogP contribution is 2.10. The fourth-order valence-electron chi connectivity index (χ4n) is 1.65. The first-order chi connectivity index (χ1) is 8.34. The molecule has 1 heterocycles. The quantitative estimate of drug-likeness (QED) is 0.678. The van der Waals surface area contributed by atoms with Gasteiger partial charge in [-0.05, 0) is 12.8 Å². The van der Waals surface area contributed by atoms with Gasteiger partial charge in [0.25, 0.3) is 10.2 Å². The lowest BCUT2D eigenvalue weighted by atomic mass is 10.2. The van der Waals surface area contributed by atoms with Crippen LogP contribution in [-0.2, 0) is 19.7 Å². The number of ether oxygens (including phenoxy) is 1. The zero-order valence-corrected chi connectivity index (χ0v) is 11.9. The first-order valence-electron chi connectivity index (χ1n) is 5.86. The van der Waals surface area contributed by atoms with Crippen LogP contribution in [0.25, 0.3) is 0 Å². The Morgan fingerprint density at radius 2 is 2.06 bits per heavy atom. The van der Waals surface area contributed by atoms with E-state index in [1.807, 2.05) is 0 Å². The number of nitrogens with one attached hydrogen (secondary N) is 1. The maximum absolute atomic E-state index is 11.7. The smallest absolute Gasteiger partial charge is 0.281 e. The second-order valence-electron chi connectivity index (χ2n) is 4.49. The highest BCUT2D eigenvalue weighted by Gasteiger charge is 2.23. The van der Waals surface area contributed by atoms with Crippen molar-refractivity contribution in [2.24, 2.45) is 0 Å². The average Bonchev–Trinajstić information content (AvgIpc) is 2.78. The van der Waals surface area contributed by atoms with E-state index in [2.05, 4.69) is 5.32 Å². The summed E-state index contributed by atoms with van der Waals surface area (Å²) in [6.07, 6.45) is 2.01. The van der Waals surface area contributed by atoms with Crippen molar-refractivity contribution in [1.82, 2.24) is 13.9 Å². The van der Waals surface area contributed by atoms with Gasteiger partial charge in [-0.3, -0.25) is 4.79 Å². The summed E-state index contributed by atoms with van der Waals surface area (Å²) >= 11 is 0. The van der Waals surface area contributed by atoms with Gasteiger partial charge < -0.3 is 10.1 Å². The summed E-state index contributed by atoms with van der Waals surface area (Å²) in [6.45, 7) is 0.983.